The lowest BCUT2D eigenvalue weighted by molar-refractivity contribution is -0.384. The van der Waals surface area contributed by atoms with Gasteiger partial charge in [0.1, 0.15) is 0 Å². The molecule has 8 nitrogen and oxygen atoms in total. The summed E-state index contributed by atoms with van der Waals surface area (Å²) >= 11 is 1.48. The van der Waals surface area contributed by atoms with E-state index >= 15 is 0 Å². The fourth-order valence-electron chi connectivity index (χ4n) is 1.87. The van der Waals surface area contributed by atoms with Crippen LogP contribution in [0.15, 0.2) is 52.4 Å². The van der Waals surface area contributed by atoms with Gasteiger partial charge in [0.2, 0.25) is 5.82 Å². The van der Waals surface area contributed by atoms with Crippen molar-refractivity contribution in [2.24, 2.45) is 0 Å². The molecule has 0 aliphatic carbocycles. The van der Waals surface area contributed by atoms with E-state index in [2.05, 4.69) is 10.1 Å². The van der Waals surface area contributed by atoms with Gasteiger partial charge < -0.3 is 9.26 Å². The standard InChI is InChI=1S/C16H11N3O5S/c20-15(8-5-11-3-6-12(7-4-11)19(21)22)23-10-14-17-16(18-24-14)13-2-1-9-25-13/h1-9H,10H2/b8-5+. The van der Waals surface area contributed by atoms with Crippen molar-refractivity contribution < 1.29 is 19.0 Å². The molecule has 0 aliphatic heterocycles. The highest BCUT2D eigenvalue weighted by Gasteiger charge is 2.10. The van der Waals surface area contributed by atoms with Gasteiger partial charge in [-0.1, -0.05) is 11.2 Å². The summed E-state index contributed by atoms with van der Waals surface area (Å²) < 4.78 is 10.0. The summed E-state index contributed by atoms with van der Waals surface area (Å²) in [7, 11) is 0. The molecular weight excluding hydrogens is 346 g/mol. The molecule has 2 heterocycles. The Morgan fingerprint density at radius 2 is 2.12 bits per heavy atom. The van der Waals surface area contributed by atoms with Gasteiger partial charge in [-0.05, 0) is 35.2 Å². The van der Waals surface area contributed by atoms with Crippen molar-refractivity contribution >= 4 is 29.1 Å². The molecule has 0 saturated heterocycles. The first kappa shape index (κ1) is 16.5. The van der Waals surface area contributed by atoms with Crippen LogP contribution in [0.25, 0.3) is 16.8 Å². The van der Waals surface area contributed by atoms with E-state index in [4.69, 9.17) is 9.26 Å². The Labute approximate surface area is 145 Å². The van der Waals surface area contributed by atoms with Gasteiger partial charge in [0.25, 0.3) is 11.6 Å². The Kier molecular flexibility index (Phi) is 4.95. The number of esters is 1. The molecule has 0 unspecified atom stereocenters. The van der Waals surface area contributed by atoms with Gasteiger partial charge in [0.05, 0.1) is 9.80 Å². The van der Waals surface area contributed by atoms with E-state index < -0.39 is 10.9 Å². The summed E-state index contributed by atoms with van der Waals surface area (Å²) in [6.45, 7) is -0.137. The van der Waals surface area contributed by atoms with E-state index in [1.807, 2.05) is 17.5 Å². The lowest BCUT2D eigenvalue weighted by Gasteiger charge is -1.97. The van der Waals surface area contributed by atoms with Gasteiger partial charge in [0, 0.05) is 18.2 Å². The van der Waals surface area contributed by atoms with Gasteiger partial charge in [-0.3, -0.25) is 10.1 Å². The maximum atomic E-state index is 11.7. The fraction of sp³-hybridized carbons (Fsp3) is 0.0625. The minimum absolute atomic E-state index is 0.0161. The number of nitrogens with zero attached hydrogens (tertiary/aromatic N) is 3. The largest absolute Gasteiger partial charge is 0.452 e. The van der Waals surface area contributed by atoms with Crippen molar-refractivity contribution in [3.63, 3.8) is 0 Å². The molecule has 2 aromatic heterocycles. The molecule has 1 aromatic carbocycles. The normalized spacial score (nSPS) is 10.9. The summed E-state index contributed by atoms with van der Waals surface area (Å²) in [5, 5.41) is 16.3. The van der Waals surface area contributed by atoms with Crippen molar-refractivity contribution in [3.8, 4) is 10.7 Å². The molecule has 0 saturated carbocycles. The molecule has 0 fully saturated rings. The van der Waals surface area contributed by atoms with Crippen molar-refractivity contribution in [1.82, 2.24) is 10.1 Å². The molecule has 3 aromatic rings. The number of nitro benzene ring substituents is 1. The third-order valence-electron chi connectivity index (χ3n) is 3.06. The zero-order valence-corrected chi connectivity index (χ0v) is 13.5. The van der Waals surface area contributed by atoms with Crippen LogP contribution >= 0.6 is 11.3 Å². The van der Waals surface area contributed by atoms with Gasteiger partial charge >= 0.3 is 5.97 Å². The van der Waals surface area contributed by atoms with Crippen LogP contribution in [0.1, 0.15) is 11.5 Å². The monoisotopic (exact) mass is 357 g/mol. The molecule has 3 rings (SSSR count). The van der Waals surface area contributed by atoms with Gasteiger partial charge in [-0.15, -0.1) is 11.3 Å². The topological polar surface area (TPSA) is 108 Å². The summed E-state index contributed by atoms with van der Waals surface area (Å²) in [6, 6.07) is 9.52. The Balaban J connectivity index is 1.53. The van der Waals surface area contributed by atoms with Crippen LogP contribution in [0.4, 0.5) is 5.69 Å². The van der Waals surface area contributed by atoms with Crippen LogP contribution in [0.3, 0.4) is 0 Å². The lowest BCUT2D eigenvalue weighted by Crippen LogP contribution is -2.00. The third kappa shape index (κ3) is 4.36. The highest BCUT2D eigenvalue weighted by atomic mass is 32.1. The maximum absolute atomic E-state index is 11.7. The van der Waals surface area contributed by atoms with E-state index in [1.165, 1.54) is 47.8 Å². The van der Waals surface area contributed by atoms with Crippen molar-refractivity contribution in [1.29, 1.82) is 0 Å². The van der Waals surface area contributed by atoms with Crippen molar-refractivity contribution in [2.45, 2.75) is 6.61 Å². The number of aromatic nitrogens is 2. The number of thiophene rings is 1. The molecule has 0 aliphatic rings. The number of hydrogen-bond acceptors (Lipinski definition) is 8. The molecule has 0 radical (unpaired) electrons. The Hall–Kier alpha value is -3.33. The van der Waals surface area contributed by atoms with E-state index in [-0.39, 0.29) is 18.2 Å². The van der Waals surface area contributed by atoms with Crippen LogP contribution in [-0.4, -0.2) is 21.0 Å². The first-order valence-corrected chi connectivity index (χ1v) is 7.95. The average Bonchev–Trinajstić information content (AvgIpc) is 3.29. The summed E-state index contributed by atoms with van der Waals surface area (Å²) in [5.41, 5.74) is 0.623. The molecule has 25 heavy (non-hydrogen) atoms. The number of rotatable bonds is 6. The number of ether oxygens (including phenoxy) is 1. The molecule has 126 valence electrons. The van der Waals surface area contributed by atoms with Crippen LogP contribution < -0.4 is 0 Å². The zero-order chi connectivity index (χ0) is 17.6. The minimum atomic E-state index is -0.589. The predicted molar refractivity (Wildman–Crippen MR) is 89.5 cm³/mol. The smallest absolute Gasteiger partial charge is 0.331 e. The molecule has 0 bridgehead atoms. The van der Waals surface area contributed by atoms with E-state index in [9.17, 15) is 14.9 Å². The number of non-ortho nitro benzene ring substituents is 1. The molecule has 9 heteroatoms. The maximum Gasteiger partial charge on any atom is 0.331 e. The highest BCUT2D eigenvalue weighted by Crippen LogP contribution is 2.21. The number of carbonyl (C=O) groups is 1. The second-order valence-electron chi connectivity index (χ2n) is 4.78. The summed E-state index contributed by atoms with van der Waals surface area (Å²) in [6.07, 6.45) is 2.72. The van der Waals surface area contributed by atoms with Crippen LogP contribution in [0, 0.1) is 10.1 Å². The Morgan fingerprint density at radius 3 is 2.80 bits per heavy atom. The quantitative estimate of drug-likeness (QED) is 0.288. The summed E-state index contributed by atoms with van der Waals surface area (Å²) in [4.78, 5) is 26.8. The number of carbonyl (C=O) groups excluding carboxylic acids is 1. The Bertz CT molecular complexity index is 900. The van der Waals surface area contributed by atoms with Gasteiger partial charge in [-0.2, -0.15) is 4.98 Å². The van der Waals surface area contributed by atoms with E-state index in [0.717, 1.165) is 4.88 Å². The third-order valence-corrected chi connectivity index (χ3v) is 3.93. The zero-order valence-electron chi connectivity index (χ0n) is 12.7. The number of hydrogen-bond donors (Lipinski definition) is 0. The van der Waals surface area contributed by atoms with E-state index in [0.29, 0.717) is 11.4 Å². The van der Waals surface area contributed by atoms with Crippen molar-refractivity contribution in [2.75, 3.05) is 0 Å². The highest BCUT2D eigenvalue weighted by molar-refractivity contribution is 7.13. The first-order chi connectivity index (χ1) is 12.1. The average molecular weight is 357 g/mol. The minimum Gasteiger partial charge on any atom is -0.452 e. The SMILES string of the molecule is O=C(/C=C/c1ccc([N+](=O)[O-])cc1)OCc1nc(-c2cccs2)no1. The first-order valence-electron chi connectivity index (χ1n) is 7.07. The Morgan fingerprint density at radius 1 is 1.32 bits per heavy atom. The number of benzene rings is 1. The second-order valence-corrected chi connectivity index (χ2v) is 5.73. The van der Waals surface area contributed by atoms with Crippen LogP contribution in [0.2, 0.25) is 0 Å². The van der Waals surface area contributed by atoms with Crippen LogP contribution in [-0.2, 0) is 16.1 Å². The molecular formula is C16H11N3O5S. The number of nitro groups is 1. The molecule has 0 N–H and O–H groups in total. The van der Waals surface area contributed by atoms with Gasteiger partial charge in [0.15, 0.2) is 6.61 Å². The molecule has 0 amide bonds. The predicted octanol–water partition coefficient (Wildman–Crippen LogP) is 3.46. The van der Waals surface area contributed by atoms with E-state index in [1.54, 1.807) is 0 Å². The van der Waals surface area contributed by atoms with Crippen LogP contribution in [0.5, 0.6) is 0 Å². The van der Waals surface area contributed by atoms with Crippen molar-refractivity contribution in [3.05, 3.63) is 69.4 Å². The molecule has 0 atom stereocenters. The summed E-state index contributed by atoms with van der Waals surface area (Å²) in [5.74, 6) is 0.0529. The fourth-order valence-corrected chi connectivity index (χ4v) is 2.52. The lowest BCUT2D eigenvalue weighted by atomic mass is 10.2. The van der Waals surface area contributed by atoms with Gasteiger partial charge in [-0.25, -0.2) is 4.79 Å². The second kappa shape index (κ2) is 7.49. The molecule has 0 spiro atoms.